The quantitative estimate of drug-likeness (QED) is 0.284. The van der Waals surface area contributed by atoms with E-state index in [1.54, 1.807) is 36.7 Å². The Kier molecular flexibility index (Phi) is 7.48. The van der Waals surface area contributed by atoms with Crippen molar-refractivity contribution < 1.29 is 18.4 Å². The van der Waals surface area contributed by atoms with Crippen LogP contribution in [-0.4, -0.2) is 41.2 Å². The van der Waals surface area contributed by atoms with Gasteiger partial charge in [0.15, 0.2) is 14.2 Å². The molecule has 2 N–H and O–H groups in total. The Labute approximate surface area is 187 Å². The average molecular weight is 484 g/mol. The Morgan fingerprint density at radius 3 is 2.27 bits per heavy atom. The summed E-state index contributed by atoms with van der Waals surface area (Å²) >= 11 is 8.48. The first-order valence-corrected chi connectivity index (χ1v) is 12.6. The summed E-state index contributed by atoms with van der Waals surface area (Å²) in [5.41, 5.74) is 3.31. The highest BCUT2D eigenvalue weighted by Crippen LogP contribution is 2.27. The number of carbonyl (C=O) groups is 1. The van der Waals surface area contributed by atoms with Crippen LogP contribution < -0.4 is 5.48 Å². The molecule has 7 nitrogen and oxygen atoms in total. The molecule has 1 atom stereocenters. The Bertz CT molecular complexity index is 1120. The van der Waals surface area contributed by atoms with Crippen LogP contribution >= 0.6 is 34.7 Å². The van der Waals surface area contributed by atoms with Gasteiger partial charge in [0, 0.05) is 10.8 Å². The predicted octanol–water partition coefficient (Wildman–Crippen LogP) is 3.85. The van der Waals surface area contributed by atoms with E-state index in [0.717, 1.165) is 16.1 Å². The van der Waals surface area contributed by atoms with E-state index in [-0.39, 0.29) is 10.6 Å². The summed E-state index contributed by atoms with van der Waals surface area (Å²) in [7, 11) is -3.76. The van der Waals surface area contributed by atoms with Gasteiger partial charge in [-0.05, 0) is 42.3 Å². The molecule has 0 fully saturated rings. The van der Waals surface area contributed by atoms with Crippen LogP contribution in [0.2, 0.25) is 5.02 Å². The van der Waals surface area contributed by atoms with Gasteiger partial charge in [0.05, 0.1) is 16.6 Å². The summed E-state index contributed by atoms with van der Waals surface area (Å²) in [6.45, 7) is 1.80. The number of amides is 1. The van der Waals surface area contributed by atoms with Crippen LogP contribution in [0.1, 0.15) is 5.01 Å². The molecule has 0 spiro atoms. The molecule has 158 valence electrons. The molecule has 0 aliphatic carbocycles. The van der Waals surface area contributed by atoms with Gasteiger partial charge in [-0.25, -0.2) is 13.9 Å². The second kappa shape index (κ2) is 9.88. The molecule has 2 aromatic carbocycles. The molecule has 0 saturated carbocycles. The van der Waals surface area contributed by atoms with E-state index in [1.165, 1.54) is 35.2 Å². The van der Waals surface area contributed by atoms with Crippen molar-refractivity contribution in [2.75, 3.05) is 11.5 Å². The normalized spacial score (nSPS) is 12.5. The third-order valence-electron chi connectivity index (χ3n) is 4.21. The lowest BCUT2D eigenvalue weighted by Gasteiger charge is -2.14. The van der Waals surface area contributed by atoms with Crippen LogP contribution in [0, 0.1) is 12.8 Å². The standard InChI is InChI=1S/C19H18ClN3O4S3/c1-12-21-22-19(29-12)28-10-15(18(24)23-25)11-30(26,27)17-8-4-14(5-9-17)13-2-6-16(20)7-3-13/h2-9,15,25H,10-11H2,1H3,(H,23,24). The van der Waals surface area contributed by atoms with Gasteiger partial charge in [0.25, 0.3) is 0 Å². The Hall–Kier alpha value is -1.98. The summed E-state index contributed by atoms with van der Waals surface area (Å²) in [4.78, 5) is 12.1. The largest absolute Gasteiger partial charge is 0.289 e. The maximum atomic E-state index is 12.9. The van der Waals surface area contributed by atoms with Crippen molar-refractivity contribution in [1.82, 2.24) is 15.7 Å². The van der Waals surface area contributed by atoms with E-state index in [9.17, 15) is 13.2 Å². The first-order valence-electron chi connectivity index (χ1n) is 8.74. The number of thioether (sulfide) groups is 1. The zero-order valence-corrected chi connectivity index (χ0v) is 19.0. The van der Waals surface area contributed by atoms with E-state index in [0.29, 0.717) is 9.36 Å². The lowest BCUT2D eigenvalue weighted by Crippen LogP contribution is -2.34. The van der Waals surface area contributed by atoms with Gasteiger partial charge >= 0.3 is 0 Å². The highest BCUT2D eigenvalue weighted by molar-refractivity contribution is 8.01. The second-order valence-corrected chi connectivity index (χ2v) is 11.3. The number of sulfone groups is 1. The summed E-state index contributed by atoms with van der Waals surface area (Å²) in [6, 6.07) is 13.6. The Balaban J connectivity index is 1.74. The van der Waals surface area contributed by atoms with Gasteiger partial charge in [-0.15, -0.1) is 10.2 Å². The molecule has 0 radical (unpaired) electrons. The number of nitrogens with zero attached hydrogens (tertiary/aromatic N) is 2. The molecule has 11 heteroatoms. The van der Waals surface area contributed by atoms with Crippen LogP contribution in [0.4, 0.5) is 0 Å². The number of aromatic nitrogens is 2. The fourth-order valence-corrected chi connectivity index (χ4v) is 6.40. The van der Waals surface area contributed by atoms with Crippen LogP contribution in [-0.2, 0) is 14.6 Å². The molecule has 30 heavy (non-hydrogen) atoms. The molecule has 0 aliphatic heterocycles. The number of aryl methyl sites for hydroxylation is 1. The van der Waals surface area contributed by atoms with E-state index >= 15 is 0 Å². The summed E-state index contributed by atoms with van der Waals surface area (Å²) in [5.74, 6) is -2.01. The highest BCUT2D eigenvalue weighted by Gasteiger charge is 2.27. The number of benzene rings is 2. The Morgan fingerprint density at radius 1 is 1.13 bits per heavy atom. The molecule has 1 unspecified atom stereocenters. The van der Waals surface area contributed by atoms with Crippen molar-refractivity contribution in [2.24, 2.45) is 5.92 Å². The predicted molar refractivity (Wildman–Crippen MR) is 118 cm³/mol. The smallest absolute Gasteiger partial charge is 0.248 e. The number of rotatable bonds is 8. The highest BCUT2D eigenvalue weighted by atomic mass is 35.5. The van der Waals surface area contributed by atoms with Crippen molar-refractivity contribution in [3.8, 4) is 11.1 Å². The molecule has 0 saturated heterocycles. The van der Waals surface area contributed by atoms with Gasteiger partial charge in [0.2, 0.25) is 5.91 Å². The molecular formula is C19H18ClN3O4S3. The maximum Gasteiger partial charge on any atom is 0.248 e. The van der Waals surface area contributed by atoms with Crippen molar-refractivity contribution in [2.45, 2.75) is 16.2 Å². The number of carbonyl (C=O) groups excluding carboxylic acids is 1. The van der Waals surface area contributed by atoms with Gasteiger partial charge in [-0.1, -0.05) is 59.0 Å². The van der Waals surface area contributed by atoms with E-state index in [1.807, 2.05) is 12.1 Å². The first kappa shape index (κ1) is 22.7. The molecule has 1 amide bonds. The first-order chi connectivity index (χ1) is 14.3. The topological polar surface area (TPSA) is 109 Å². The number of hydrogen-bond donors (Lipinski definition) is 2. The lowest BCUT2D eigenvalue weighted by molar-refractivity contribution is -0.132. The second-order valence-electron chi connectivity index (χ2n) is 6.38. The van der Waals surface area contributed by atoms with Crippen molar-refractivity contribution >= 4 is 50.4 Å². The lowest BCUT2D eigenvalue weighted by atomic mass is 10.1. The van der Waals surface area contributed by atoms with Gasteiger partial charge in [-0.2, -0.15) is 0 Å². The van der Waals surface area contributed by atoms with E-state index in [4.69, 9.17) is 16.8 Å². The third kappa shape index (κ3) is 5.79. The maximum absolute atomic E-state index is 12.9. The monoisotopic (exact) mass is 483 g/mol. The fourth-order valence-electron chi connectivity index (χ4n) is 2.66. The van der Waals surface area contributed by atoms with E-state index < -0.39 is 27.4 Å². The number of halogens is 1. The zero-order chi connectivity index (χ0) is 21.7. The van der Waals surface area contributed by atoms with Crippen LogP contribution in [0.25, 0.3) is 11.1 Å². The van der Waals surface area contributed by atoms with E-state index in [2.05, 4.69) is 10.2 Å². The molecular weight excluding hydrogens is 466 g/mol. The molecule has 1 heterocycles. The molecule has 0 bridgehead atoms. The van der Waals surface area contributed by atoms with Gasteiger partial charge < -0.3 is 0 Å². The molecule has 0 aliphatic rings. The van der Waals surface area contributed by atoms with Crippen LogP contribution in [0.15, 0.2) is 57.8 Å². The number of nitrogens with one attached hydrogen (secondary N) is 1. The van der Waals surface area contributed by atoms with Crippen molar-refractivity contribution in [1.29, 1.82) is 0 Å². The SMILES string of the molecule is Cc1nnc(SCC(CS(=O)(=O)c2ccc(-c3ccc(Cl)cc3)cc2)C(=O)NO)s1. The molecule has 1 aromatic heterocycles. The zero-order valence-electron chi connectivity index (χ0n) is 15.8. The van der Waals surface area contributed by atoms with Crippen molar-refractivity contribution in [3.05, 3.63) is 58.6 Å². The minimum Gasteiger partial charge on any atom is -0.289 e. The van der Waals surface area contributed by atoms with Gasteiger partial charge in [0.1, 0.15) is 5.01 Å². The summed E-state index contributed by atoms with van der Waals surface area (Å²) < 4.78 is 26.3. The minimum atomic E-state index is -3.76. The third-order valence-corrected chi connectivity index (χ3v) is 8.43. The minimum absolute atomic E-state index is 0.104. The Morgan fingerprint density at radius 2 is 1.73 bits per heavy atom. The average Bonchev–Trinajstić information content (AvgIpc) is 3.16. The van der Waals surface area contributed by atoms with Crippen LogP contribution in [0.5, 0.6) is 0 Å². The fraction of sp³-hybridized carbons (Fsp3) is 0.211. The number of hydrogen-bond acceptors (Lipinski definition) is 8. The van der Waals surface area contributed by atoms with Crippen LogP contribution in [0.3, 0.4) is 0 Å². The van der Waals surface area contributed by atoms with Gasteiger partial charge in [-0.3, -0.25) is 10.0 Å². The summed E-state index contributed by atoms with van der Waals surface area (Å²) in [5, 5.41) is 18.3. The molecule has 3 rings (SSSR count). The van der Waals surface area contributed by atoms with Crippen molar-refractivity contribution in [3.63, 3.8) is 0 Å². The number of hydroxylamine groups is 1. The molecule has 3 aromatic rings. The summed E-state index contributed by atoms with van der Waals surface area (Å²) in [6.07, 6.45) is 0.